The molecule has 1 aromatic heterocycles. The monoisotopic (exact) mass is 353 g/mol. The van der Waals surface area contributed by atoms with Crippen molar-refractivity contribution in [1.29, 1.82) is 5.26 Å². The second-order valence-corrected chi connectivity index (χ2v) is 5.98. The van der Waals surface area contributed by atoms with Crippen LogP contribution in [0.2, 0.25) is 5.02 Å². The molecule has 0 spiro atoms. The van der Waals surface area contributed by atoms with Crippen molar-refractivity contribution in [2.75, 3.05) is 31.1 Å². The van der Waals surface area contributed by atoms with E-state index in [4.69, 9.17) is 16.9 Å². The van der Waals surface area contributed by atoms with Crippen LogP contribution in [0.25, 0.3) is 6.08 Å². The summed E-state index contributed by atoms with van der Waals surface area (Å²) in [5.41, 5.74) is 1.20. The van der Waals surface area contributed by atoms with Crippen LogP contribution in [0.5, 0.6) is 0 Å². The second kappa shape index (κ2) is 7.77. The van der Waals surface area contributed by atoms with E-state index in [-0.39, 0.29) is 5.91 Å². The largest absolute Gasteiger partial charge is 0.351 e. The van der Waals surface area contributed by atoms with Crippen molar-refractivity contribution in [2.24, 2.45) is 0 Å². The number of amides is 1. The third-order valence-electron chi connectivity index (χ3n) is 3.94. The third kappa shape index (κ3) is 4.14. The van der Waals surface area contributed by atoms with Gasteiger partial charge < -0.3 is 9.80 Å². The Morgan fingerprint density at radius 2 is 1.96 bits per heavy atom. The highest BCUT2D eigenvalue weighted by Crippen LogP contribution is 2.17. The lowest BCUT2D eigenvalue weighted by atomic mass is 10.2. The quantitative estimate of drug-likeness (QED) is 0.792. The molecule has 0 bridgehead atoms. The summed E-state index contributed by atoms with van der Waals surface area (Å²) in [4.78, 5) is 24.4. The molecular weight excluding hydrogens is 338 g/mol. The number of halogens is 1. The van der Waals surface area contributed by atoms with Crippen molar-refractivity contribution in [1.82, 2.24) is 14.9 Å². The molecule has 2 aromatic rings. The standard InChI is InChI=1S/C18H16ClN5O/c19-15-3-1-2-14(12-15)4-5-17(25)23-8-10-24(11-9-23)18-16(13-20)21-6-7-22-18/h1-7,12H,8-11H2/b5-4+. The van der Waals surface area contributed by atoms with Gasteiger partial charge >= 0.3 is 0 Å². The van der Waals surface area contributed by atoms with Crippen molar-refractivity contribution in [3.05, 3.63) is 59.0 Å². The first kappa shape index (κ1) is 16.9. The van der Waals surface area contributed by atoms with Crippen LogP contribution in [-0.4, -0.2) is 47.0 Å². The minimum absolute atomic E-state index is 0.0423. The number of hydrogen-bond donors (Lipinski definition) is 0. The summed E-state index contributed by atoms with van der Waals surface area (Å²) in [7, 11) is 0. The van der Waals surface area contributed by atoms with Gasteiger partial charge in [-0.25, -0.2) is 9.97 Å². The maximum Gasteiger partial charge on any atom is 0.246 e. The van der Waals surface area contributed by atoms with Gasteiger partial charge in [-0.3, -0.25) is 4.79 Å². The first-order chi connectivity index (χ1) is 12.2. The molecular formula is C18H16ClN5O. The zero-order valence-corrected chi connectivity index (χ0v) is 14.2. The van der Waals surface area contributed by atoms with Crippen molar-refractivity contribution >= 4 is 29.4 Å². The van der Waals surface area contributed by atoms with E-state index in [1.54, 1.807) is 35.4 Å². The normalized spacial score (nSPS) is 14.6. The van der Waals surface area contributed by atoms with Crippen LogP contribution >= 0.6 is 11.6 Å². The number of benzene rings is 1. The van der Waals surface area contributed by atoms with Crippen LogP contribution in [0.1, 0.15) is 11.3 Å². The Morgan fingerprint density at radius 3 is 2.68 bits per heavy atom. The van der Waals surface area contributed by atoms with Crippen LogP contribution in [0.4, 0.5) is 5.82 Å². The number of nitriles is 1. The van der Waals surface area contributed by atoms with Gasteiger partial charge in [0.15, 0.2) is 11.5 Å². The van der Waals surface area contributed by atoms with Crippen molar-refractivity contribution in [3.63, 3.8) is 0 Å². The Hall–Kier alpha value is -2.91. The molecule has 3 rings (SSSR count). The van der Waals surface area contributed by atoms with Gasteiger partial charge in [0.05, 0.1) is 0 Å². The number of piperazine rings is 1. The minimum Gasteiger partial charge on any atom is -0.351 e. The molecule has 1 aliphatic heterocycles. The molecule has 0 atom stereocenters. The highest BCUT2D eigenvalue weighted by atomic mass is 35.5. The van der Waals surface area contributed by atoms with Gasteiger partial charge in [0.2, 0.25) is 5.91 Å². The number of carbonyl (C=O) groups excluding carboxylic acids is 1. The van der Waals surface area contributed by atoms with Crippen LogP contribution in [-0.2, 0) is 4.79 Å². The smallest absolute Gasteiger partial charge is 0.246 e. The lowest BCUT2D eigenvalue weighted by Gasteiger charge is -2.34. The molecule has 0 aliphatic carbocycles. The molecule has 25 heavy (non-hydrogen) atoms. The molecule has 0 saturated carbocycles. The predicted octanol–water partition coefficient (Wildman–Crippen LogP) is 2.36. The molecule has 0 radical (unpaired) electrons. The van der Waals surface area contributed by atoms with Crippen LogP contribution in [0.15, 0.2) is 42.7 Å². The maximum atomic E-state index is 12.3. The zero-order valence-electron chi connectivity index (χ0n) is 13.5. The van der Waals surface area contributed by atoms with Gasteiger partial charge in [-0.05, 0) is 23.8 Å². The summed E-state index contributed by atoms with van der Waals surface area (Å²) in [6, 6.07) is 9.39. The topological polar surface area (TPSA) is 73.1 Å². The molecule has 7 heteroatoms. The Bertz CT molecular complexity index is 837. The molecule has 1 saturated heterocycles. The first-order valence-electron chi connectivity index (χ1n) is 7.86. The number of nitrogens with zero attached hydrogens (tertiary/aromatic N) is 5. The van der Waals surface area contributed by atoms with E-state index in [0.29, 0.717) is 42.7 Å². The fourth-order valence-electron chi connectivity index (χ4n) is 2.66. The predicted molar refractivity (Wildman–Crippen MR) is 96.0 cm³/mol. The van der Waals surface area contributed by atoms with E-state index in [1.807, 2.05) is 17.0 Å². The number of anilines is 1. The summed E-state index contributed by atoms with van der Waals surface area (Å²) in [6.07, 6.45) is 6.39. The molecule has 1 aliphatic rings. The minimum atomic E-state index is -0.0423. The van der Waals surface area contributed by atoms with E-state index in [2.05, 4.69) is 16.0 Å². The molecule has 126 valence electrons. The van der Waals surface area contributed by atoms with Gasteiger partial charge in [0.25, 0.3) is 0 Å². The van der Waals surface area contributed by atoms with E-state index in [1.165, 1.54) is 6.20 Å². The summed E-state index contributed by atoms with van der Waals surface area (Å²) >= 11 is 5.94. The average Bonchev–Trinajstić information content (AvgIpc) is 2.66. The highest BCUT2D eigenvalue weighted by molar-refractivity contribution is 6.30. The van der Waals surface area contributed by atoms with Crippen LogP contribution in [0, 0.1) is 11.3 Å². The Kier molecular flexibility index (Phi) is 5.26. The lowest BCUT2D eigenvalue weighted by molar-refractivity contribution is -0.126. The molecule has 1 fully saturated rings. The first-order valence-corrected chi connectivity index (χ1v) is 8.24. The average molecular weight is 354 g/mol. The van der Waals surface area contributed by atoms with Crippen LogP contribution in [0.3, 0.4) is 0 Å². The molecule has 0 N–H and O–H groups in total. The third-order valence-corrected chi connectivity index (χ3v) is 4.18. The Labute approximate surface area is 151 Å². The Morgan fingerprint density at radius 1 is 1.20 bits per heavy atom. The second-order valence-electron chi connectivity index (χ2n) is 5.54. The van der Waals surface area contributed by atoms with Crippen molar-refractivity contribution < 1.29 is 4.79 Å². The van der Waals surface area contributed by atoms with Gasteiger partial charge in [-0.2, -0.15) is 5.26 Å². The van der Waals surface area contributed by atoms with Gasteiger partial charge in [0.1, 0.15) is 6.07 Å². The Balaban J connectivity index is 1.60. The summed E-state index contributed by atoms with van der Waals surface area (Å²) in [6.45, 7) is 2.37. The summed E-state index contributed by atoms with van der Waals surface area (Å²) in [5.74, 6) is 0.533. The molecule has 1 amide bonds. The number of hydrogen-bond acceptors (Lipinski definition) is 5. The van der Waals surface area contributed by atoms with Crippen molar-refractivity contribution in [2.45, 2.75) is 0 Å². The van der Waals surface area contributed by atoms with Gasteiger partial charge in [0, 0.05) is 49.7 Å². The fraction of sp³-hybridized carbons (Fsp3) is 0.222. The number of aromatic nitrogens is 2. The zero-order chi connectivity index (χ0) is 17.6. The molecule has 1 aromatic carbocycles. The SMILES string of the molecule is N#Cc1nccnc1N1CCN(C(=O)/C=C/c2cccc(Cl)c2)CC1. The molecule has 6 nitrogen and oxygen atoms in total. The maximum absolute atomic E-state index is 12.3. The number of rotatable bonds is 3. The van der Waals surface area contributed by atoms with E-state index >= 15 is 0 Å². The molecule has 2 heterocycles. The number of carbonyl (C=O) groups is 1. The highest BCUT2D eigenvalue weighted by Gasteiger charge is 2.22. The summed E-state index contributed by atoms with van der Waals surface area (Å²) in [5, 5.41) is 9.76. The van der Waals surface area contributed by atoms with Crippen LogP contribution < -0.4 is 4.90 Å². The fourth-order valence-corrected chi connectivity index (χ4v) is 2.86. The van der Waals surface area contributed by atoms with E-state index < -0.39 is 0 Å². The van der Waals surface area contributed by atoms with Gasteiger partial charge in [-0.15, -0.1) is 0 Å². The van der Waals surface area contributed by atoms with Crippen molar-refractivity contribution in [3.8, 4) is 6.07 Å². The van der Waals surface area contributed by atoms with E-state index in [9.17, 15) is 4.79 Å². The van der Waals surface area contributed by atoms with Gasteiger partial charge in [-0.1, -0.05) is 23.7 Å². The lowest BCUT2D eigenvalue weighted by Crippen LogP contribution is -2.48. The summed E-state index contributed by atoms with van der Waals surface area (Å²) < 4.78 is 0. The van der Waals surface area contributed by atoms with E-state index in [0.717, 1.165) is 5.56 Å². The molecule has 0 unspecified atom stereocenters.